The Hall–Kier alpha value is -0.600. The van der Waals surface area contributed by atoms with Crippen molar-refractivity contribution in [1.82, 2.24) is 0 Å². The zero-order valence-corrected chi connectivity index (χ0v) is 13.5. The molecule has 1 aromatic carbocycles. The fourth-order valence-electron chi connectivity index (χ4n) is 1.15. The fraction of sp³-hybridized carbons (Fsp3) is 0.538. The maximum absolute atomic E-state index is 8.40. The molecule has 0 radical (unpaired) electrons. The van der Waals surface area contributed by atoms with Crippen LogP contribution < -0.4 is 11.5 Å². The zero-order chi connectivity index (χ0) is 14.5. The minimum absolute atomic E-state index is 0. The quantitative estimate of drug-likeness (QED) is 0.434. The van der Waals surface area contributed by atoms with Crippen LogP contribution in [0.1, 0.15) is 5.56 Å². The van der Waals surface area contributed by atoms with E-state index < -0.39 is 0 Å². The summed E-state index contributed by atoms with van der Waals surface area (Å²) in [5, 5.41) is 16.8. The Labute approximate surface area is 129 Å². The number of aliphatic hydroxyl groups is 2. The van der Waals surface area contributed by atoms with Crippen molar-refractivity contribution in [3.63, 3.8) is 0 Å². The summed E-state index contributed by atoms with van der Waals surface area (Å²) in [6, 6.07) is 5.46. The first-order valence-corrected chi connectivity index (χ1v) is 8.41. The van der Waals surface area contributed by atoms with Gasteiger partial charge in [0.1, 0.15) is 0 Å². The van der Waals surface area contributed by atoms with E-state index in [1.165, 1.54) is 0 Å². The molecule has 0 bridgehead atoms. The number of nitrogens with two attached hydrogens (primary N) is 2. The van der Waals surface area contributed by atoms with Crippen LogP contribution in [0.4, 0.5) is 11.4 Å². The van der Waals surface area contributed by atoms with Gasteiger partial charge in [0.2, 0.25) is 0 Å². The Morgan fingerprint density at radius 2 is 1.45 bits per heavy atom. The van der Waals surface area contributed by atoms with Gasteiger partial charge in [-0.3, -0.25) is 0 Å². The molecule has 0 aliphatic heterocycles. The highest BCUT2D eigenvalue weighted by atomic mass is 32.2. The molecule has 0 spiro atoms. The highest BCUT2D eigenvalue weighted by molar-refractivity contribution is 8.02. The van der Waals surface area contributed by atoms with Gasteiger partial charge in [-0.05, 0) is 30.7 Å². The van der Waals surface area contributed by atoms with Crippen molar-refractivity contribution in [2.24, 2.45) is 0 Å². The Bertz CT molecular complexity index is 333. The maximum Gasteiger partial charge on any atom is 0.0521 e. The van der Waals surface area contributed by atoms with Gasteiger partial charge in [-0.15, -0.1) is 0 Å². The van der Waals surface area contributed by atoms with E-state index in [1.54, 1.807) is 29.6 Å². The highest BCUT2D eigenvalue weighted by Gasteiger charge is 1.90. The first-order valence-electron chi connectivity index (χ1n) is 6.10. The topological polar surface area (TPSA) is 124 Å². The third kappa shape index (κ3) is 12.4. The van der Waals surface area contributed by atoms with Gasteiger partial charge >= 0.3 is 0 Å². The molecule has 0 unspecified atom stereocenters. The van der Waals surface area contributed by atoms with Crippen LogP contribution in [0, 0.1) is 6.92 Å². The molecular formula is C13H26N2O3S2. The van der Waals surface area contributed by atoms with Crippen LogP contribution in [0.25, 0.3) is 0 Å². The molecule has 0 saturated heterocycles. The molecule has 0 aliphatic carbocycles. The predicted octanol–water partition coefficient (Wildman–Crippen LogP) is 0.772. The van der Waals surface area contributed by atoms with E-state index in [2.05, 4.69) is 0 Å². The standard InChI is InChI=1S/C7H10N2.C6H14O2S2.H2O/c1-5-4-6(8)2-3-7(5)9;7-1-3-9-5-6-10-4-2-8;/h2-4H,8-9H2,1H3;7-8H,1-6H2;1H2. The van der Waals surface area contributed by atoms with Crippen molar-refractivity contribution in [2.75, 3.05) is 47.7 Å². The van der Waals surface area contributed by atoms with Crippen LogP contribution in [-0.2, 0) is 0 Å². The molecule has 8 N–H and O–H groups in total. The van der Waals surface area contributed by atoms with Crippen LogP contribution >= 0.6 is 23.5 Å². The average Bonchev–Trinajstić information content (AvgIpc) is 2.39. The molecule has 0 atom stereocenters. The van der Waals surface area contributed by atoms with Crippen LogP contribution in [0.3, 0.4) is 0 Å². The summed E-state index contributed by atoms with van der Waals surface area (Å²) in [5.74, 6) is 3.82. The largest absolute Gasteiger partial charge is 0.412 e. The molecular weight excluding hydrogens is 296 g/mol. The number of thioether (sulfide) groups is 2. The van der Waals surface area contributed by atoms with E-state index in [4.69, 9.17) is 21.7 Å². The van der Waals surface area contributed by atoms with Gasteiger partial charge in [-0.25, -0.2) is 0 Å². The molecule has 7 heteroatoms. The zero-order valence-electron chi connectivity index (χ0n) is 11.8. The van der Waals surface area contributed by atoms with Gasteiger partial charge in [-0.2, -0.15) is 23.5 Å². The first kappa shape index (κ1) is 21.7. The lowest BCUT2D eigenvalue weighted by Crippen LogP contribution is -1.93. The van der Waals surface area contributed by atoms with E-state index >= 15 is 0 Å². The van der Waals surface area contributed by atoms with Crippen molar-refractivity contribution >= 4 is 34.9 Å². The van der Waals surface area contributed by atoms with Crippen LogP contribution in [0.15, 0.2) is 18.2 Å². The summed E-state index contributed by atoms with van der Waals surface area (Å²) in [5.41, 5.74) is 13.6. The lowest BCUT2D eigenvalue weighted by molar-refractivity contribution is 0.322. The normalized spacial score (nSPS) is 9.35. The summed E-state index contributed by atoms with van der Waals surface area (Å²) in [7, 11) is 0. The van der Waals surface area contributed by atoms with Gasteiger partial charge in [0.05, 0.1) is 13.2 Å². The average molecular weight is 322 g/mol. The van der Waals surface area contributed by atoms with Crippen LogP contribution in [-0.4, -0.2) is 51.9 Å². The Balaban J connectivity index is 0. The van der Waals surface area contributed by atoms with Crippen molar-refractivity contribution in [3.05, 3.63) is 23.8 Å². The molecule has 0 heterocycles. The predicted molar refractivity (Wildman–Crippen MR) is 92.4 cm³/mol. The first-order chi connectivity index (χ1) is 9.11. The molecule has 1 aromatic rings. The van der Waals surface area contributed by atoms with Crippen molar-refractivity contribution in [2.45, 2.75) is 6.92 Å². The third-order valence-electron chi connectivity index (χ3n) is 2.14. The number of benzene rings is 1. The number of hydrogen-bond acceptors (Lipinski definition) is 6. The van der Waals surface area contributed by atoms with Gasteiger partial charge in [0.15, 0.2) is 0 Å². The lowest BCUT2D eigenvalue weighted by Gasteiger charge is -1.98. The SMILES string of the molecule is Cc1cc(N)ccc1N.O.OCCSCCSCCO. The van der Waals surface area contributed by atoms with Crippen LogP contribution in [0.2, 0.25) is 0 Å². The molecule has 20 heavy (non-hydrogen) atoms. The van der Waals surface area contributed by atoms with Crippen molar-refractivity contribution in [3.8, 4) is 0 Å². The van der Waals surface area contributed by atoms with Gasteiger partial charge in [0.25, 0.3) is 0 Å². The number of hydrogen-bond donors (Lipinski definition) is 4. The second-order valence-electron chi connectivity index (χ2n) is 3.79. The number of aryl methyl sites for hydroxylation is 1. The highest BCUT2D eigenvalue weighted by Crippen LogP contribution is 2.12. The second-order valence-corrected chi connectivity index (χ2v) is 6.24. The summed E-state index contributed by atoms with van der Waals surface area (Å²) in [6.45, 7) is 2.48. The smallest absolute Gasteiger partial charge is 0.0521 e. The van der Waals surface area contributed by atoms with Gasteiger partial charge < -0.3 is 27.2 Å². The molecule has 0 saturated carbocycles. The molecule has 5 nitrogen and oxygen atoms in total. The minimum atomic E-state index is 0. The minimum Gasteiger partial charge on any atom is -0.412 e. The Kier molecular flexibility index (Phi) is 16.1. The van der Waals surface area contributed by atoms with Gasteiger partial charge in [0, 0.05) is 34.4 Å². The molecule has 0 aliphatic rings. The van der Waals surface area contributed by atoms with E-state index in [-0.39, 0.29) is 18.7 Å². The number of anilines is 2. The summed E-state index contributed by atoms with van der Waals surface area (Å²) < 4.78 is 0. The van der Waals surface area contributed by atoms with E-state index in [0.29, 0.717) is 0 Å². The lowest BCUT2D eigenvalue weighted by atomic mass is 10.2. The number of aliphatic hydroxyl groups excluding tert-OH is 2. The molecule has 0 aromatic heterocycles. The third-order valence-corrected chi connectivity index (χ3v) is 4.32. The van der Waals surface area contributed by atoms with E-state index in [0.717, 1.165) is 39.9 Å². The number of nitrogen functional groups attached to an aromatic ring is 2. The molecule has 0 amide bonds. The Morgan fingerprint density at radius 3 is 1.80 bits per heavy atom. The van der Waals surface area contributed by atoms with Crippen molar-refractivity contribution < 1.29 is 15.7 Å². The molecule has 1 rings (SSSR count). The Morgan fingerprint density at radius 1 is 0.950 bits per heavy atom. The van der Waals surface area contributed by atoms with Crippen molar-refractivity contribution in [1.29, 1.82) is 0 Å². The van der Waals surface area contributed by atoms with Gasteiger partial charge in [-0.1, -0.05) is 0 Å². The monoisotopic (exact) mass is 322 g/mol. The maximum atomic E-state index is 8.40. The number of rotatable bonds is 7. The fourth-order valence-corrected chi connectivity index (χ4v) is 2.76. The van der Waals surface area contributed by atoms with Crippen LogP contribution in [0.5, 0.6) is 0 Å². The summed E-state index contributed by atoms with van der Waals surface area (Å²) in [4.78, 5) is 0. The summed E-state index contributed by atoms with van der Waals surface area (Å²) >= 11 is 3.50. The van der Waals surface area contributed by atoms with E-state index in [1.807, 2.05) is 19.1 Å². The second kappa shape index (κ2) is 14.8. The van der Waals surface area contributed by atoms with E-state index in [9.17, 15) is 0 Å². The summed E-state index contributed by atoms with van der Waals surface area (Å²) in [6.07, 6.45) is 0. The molecule has 0 fully saturated rings. The molecule has 118 valence electrons.